The zero-order valence-corrected chi connectivity index (χ0v) is 27.6. The Morgan fingerprint density at radius 1 is 0.490 bits per heavy atom. The van der Waals surface area contributed by atoms with Crippen molar-refractivity contribution >= 4 is 0 Å². The van der Waals surface area contributed by atoms with Gasteiger partial charge in [0.25, 0.3) is 0 Å². The summed E-state index contributed by atoms with van der Waals surface area (Å²) in [5.41, 5.74) is 4.34. The van der Waals surface area contributed by atoms with Crippen molar-refractivity contribution < 1.29 is 40.2 Å². The van der Waals surface area contributed by atoms with Crippen LogP contribution < -0.4 is 9.47 Å². The highest BCUT2D eigenvalue weighted by Gasteiger charge is 2.22. The predicted octanol–water partition coefficient (Wildman–Crippen LogP) is 12.9. The van der Waals surface area contributed by atoms with Crippen LogP contribution in [0.15, 0.2) is 78.9 Å². The van der Waals surface area contributed by atoms with Gasteiger partial charge in [-0.1, -0.05) is 88.1 Å². The molecule has 2 nitrogen and oxygen atoms in total. The molecule has 49 heavy (non-hydrogen) atoms. The van der Waals surface area contributed by atoms with Gasteiger partial charge in [0, 0.05) is 5.56 Å². The number of alkyl halides is 4. The van der Waals surface area contributed by atoms with Crippen molar-refractivity contribution in [3.8, 4) is 33.8 Å². The molecule has 2 fully saturated rings. The van der Waals surface area contributed by atoms with Gasteiger partial charge in [-0.15, -0.1) is 0 Å². The van der Waals surface area contributed by atoms with Crippen LogP contribution in [-0.2, 0) is 0 Å². The molecule has 6 rings (SSSR count). The summed E-state index contributed by atoms with van der Waals surface area (Å²) in [6, 6.07) is 21.1. The van der Waals surface area contributed by atoms with E-state index in [1.54, 1.807) is 24.3 Å². The number of benzene rings is 4. The van der Waals surface area contributed by atoms with Crippen LogP contribution in [0.1, 0.15) is 88.2 Å². The van der Waals surface area contributed by atoms with E-state index in [1.165, 1.54) is 43.4 Å². The molecular weight excluding hydrogens is 645 g/mol. The molecule has 0 radical (unpaired) electrons. The number of halogens is 7. The second-order valence-corrected chi connectivity index (χ2v) is 13.3. The Morgan fingerprint density at radius 2 is 0.959 bits per heavy atom. The molecule has 9 heteroatoms. The molecule has 2 aliphatic rings. The second kappa shape index (κ2) is 16.6. The fourth-order valence-electron chi connectivity index (χ4n) is 6.90. The molecule has 262 valence electrons. The summed E-state index contributed by atoms with van der Waals surface area (Å²) in [4.78, 5) is 0. The Hall–Kier alpha value is -4.01. The minimum Gasteiger partial charge on any atom is -0.435 e. The lowest BCUT2D eigenvalue weighted by atomic mass is 9.79. The van der Waals surface area contributed by atoms with Crippen molar-refractivity contribution in [1.82, 2.24) is 0 Å². The maximum Gasteiger partial charge on any atom is 0.387 e. The van der Waals surface area contributed by atoms with E-state index in [0.29, 0.717) is 34.1 Å². The summed E-state index contributed by atoms with van der Waals surface area (Å²) in [5, 5.41) is 0. The molecule has 2 saturated carbocycles. The molecule has 2 aliphatic carbocycles. The normalized spacial score (nSPS) is 20.9. The van der Waals surface area contributed by atoms with E-state index in [-0.39, 0.29) is 11.6 Å². The molecule has 0 bridgehead atoms. The van der Waals surface area contributed by atoms with Crippen LogP contribution in [0.5, 0.6) is 11.5 Å². The second-order valence-electron chi connectivity index (χ2n) is 13.3. The van der Waals surface area contributed by atoms with Crippen LogP contribution in [0, 0.1) is 29.3 Å². The Labute approximate surface area is 283 Å². The average molecular weight is 687 g/mol. The highest BCUT2D eigenvalue weighted by molar-refractivity contribution is 5.66. The summed E-state index contributed by atoms with van der Waals surface area (Å²) in [6.45, 7) is -1.59. The quantitative estimate of drug-likeness (QED) is 0.172. The number of rotatable bonds is 8. The van der Waals surface area contributed by atoms with Gasteiger partial charge < -0.3 is 9.47 Å². The van der Waals surface area contributed by atoms with Crippen LogP contribution >= 0.6 is 0 Å². The Kier molecular flexibility index (Phi) is 12.3. The summed E-state index contributed by atoms with van der Waals surface area (Å²) in [6.07, 6.45) is 9.36. The summed E-state index contributed by atoms with van der Waals surface area (Å²) in [7, 11) is 0. The van der Waals surface area contributed by atoms with Crippen molar-refractivity contribution in [2.75, 3.05) is 0 Å². The third-order valence-corrected chi connectivity index (χ3v) is 9.81. The van der Waals surface area contributed by atoms with Crippen LogP contribution in [0.4, 0.5) is 30.7 Å². The molecule has 0 unspecified atom stereocenters. The molecule has 0 aromatic heterocycles. The highest BCUT2D eigenvalue weighted by atomic mass is 19.3. The van der Waals surface area contributed by atoms with Gasteiger partial charge in [-0.3, -0.25) is 0 Å². The van der Waals surface area contributed by atoms with Gasteiger partial charge in [-0.2, -0.15) is 17.6 Å². The maximum absolute atomic E-state index is 14.5. The summed E-state index contributed by atoms with van der Waals surface area (Å²) >= 11 is 0. The van der Waals surface area contributed by atoms with Crippen LogP contribution in [0.3, 0.4) is 0 Å². The van der Waals surface area contributed by atoms with E-state index in [9.17, 15) is 30.7 Å². The third kappa shape index (κ3) is 9.79. The van der Waals surface area contributed by atoms with Crippen molar-refractivity contribution in [2.45, 2.75) is 90.3 Å². The minimum absolute atomic E-state index is 0.0714. The van der Waals surface area contributed by atoms with Gasteiger partial charge in [0.15, 0.2) is 17.4 Å². The molecule has 0 amide bonds. The van der Waals surface area contributed by atoms with E-state index in [1.807, 2.05) is 30.3 Å². The molecule has 4 aromatic rings. The van der Waals surface area contributed by atoms with Gasteiger partial charge in [0.1, 0.15) is 11.6 Å². The lowest BCUT2D eigenvalue weighted by molar-refractivity contribution is -0.0547. The monoisotopic (exact) mass is 686 g/mol. The van der Waals surface area contributed by atoms with Gasteiger partial charge in [0.05, 0.1) is 0 Å². The fourth-order valence-corrected chi connectivity index (χ4v) is 6.90. The Bertz CT molecular complexity index is 1620. The SMILES string of the molecule is CC1CCC(c2ccc(-c3cc(F)c(OC(F)F)c(F)c3)cc2)CC1.CC1CCC(c2ccc(-c3ccc(OC(F)F)cc3)c(F)c2)CC1. The predicted molar refractivity (Wildman–Crippen MR) is 178 cm³/mol. The average Bonchev–Trinajstić information content (AvgIpc) is 3.07. The summed E-state index contributed by atoms with van der Waals surface area (Å²) < 4.78 is 99.2. The van der Waals surface area contributed by atoms with E-state index < -0.39 is 30.6 Å². The molecule has 0 N–H and O–H groups in total. The van der Waals surface area contributed by atoms with Gasteiger partial charge in [0.2, 0.25) is 0 Å². The van der Waals surface area contributed by atoms with E-state index >= 15 is 0 Å². The third-order valence-electron chi connectivity index (χ3n) is 9.81. The number of ether oxygens (including phenoxy) is 2. The van der Waals surface area contributed by atoms with Gasteiger partial charge in [-0.05, 0) is 108 Å². The first-order valence-corrected chi connectivity index (χ1v) is 16.9. The Balaban J connectivity index is 0.000000191. The first-order chi connectivity index (χ1) is 23.5. The van der Waals surface area contributed by atoms with Crippen LogP contribution in [0.2, 0.25) is 0 Å². The smallest absolute Gasteiger partial charge is 0.387 e. The van der Waals surface area contributed by atoms with Crippen molar-refractivity contribution in [3.05, 3.63) is 107 Å². The maximum atomic E-state index is 14.5. The Morgan fingerprint density at radius 3 is 1.45 bits per heavy atom. The zero-order valence-electron chi connectivity index (χ0n) is 27.6. The standard InChI is InChI=1S/C20H20F4O.C20H21F3O/c1-12-2-4-13(5-3-12)14-6-8-15(9-7-14)16-10-17(21)19(18(22)11-16)25-20(23)24;1-13-2-4-14(5-3-13)16-8-11-18(19(21)12-16)15-6-9-17(10-7-15)24-20(22)23/h6-13,20H,2-5H2,1H3;6-14,20H,2-5H2,1H3. The molecule has 0 aliphatic heterocycles. The lowest BCUT2D eigenvalue weighted by Gasteiger charge is -2.26. The number of hydrogen-bond donors (Lipinski definition) is 0. The lowest BCUT2D eigenvalue weighted by Crippen LogP contribution is -2.11. The zero-order chi connectivity index (χ0) is 35.1. The van der Waals surface area contributed by atoms with E-state index in [0.717, 1.165) is 55.2 Å². The van der Waals surface area contributed by atoms with Crippen molar-refractivity contribution in [2.24, 2.45) is 11.8 Å². The van der Waals surface area contributed by atoms with Crippen LogP contribution in [0.25, 0.3) is 22.3 Å². The van der Waals surface area contributed by atoms with Gasteiger partial charge in [-0.25, -0.2) is 13.2 Å². The molecule has 0 spiro atoms. The van der Waals surface area contributed by atoms with Crippen LogP contribution in [-0.4, -0.2) is 13.2 Å². The first kappa shape index (κ1) is 36.3. The van der Waals surface area contributed by atoms with Gasteiger partial charge >= 0.3 is 13.2 Å². The molecule has 4 aromatic carbocycles. The van der Waals surface area contributed by atoms with Crippen molar-refractivity contribution in [1.29, 1.82) is 0 Å². The molecule has 0 saturated heterocycles. The van der Waals surface area contributed by atoms with E-state index in [4.69, 9.17) is 0 Å². The largest absolute Gasteiger partial charge is 0.435 e. The topological polar surface area (TPSA) is 18.5 Å². The molecular formula is C40H41F7O2. The first-order valence-electron chi connectivity index (χ1n) is 16.9. The molecule has 0 heterocycles. The number of hydrogen-bond acceptors (Lipinski definition) is 2. The van der Waals surface area contributed by atoms with Crippen molar-refractivity contribution in [3.63, 3.8) is 0 Å². The minimum atomic E-state index is -3.27. The summed E-state index contributed by atoms with van der Waals surface area (Å²) in [5.74, 6) is -1.02. The molecule has 0 atom stereocenters. The highest BCUT2D eigenvalue weighted by Crippen LogP contribution is 2.38. The van der Waals surface area contributed by atoms with E-state index in [2.05, 4.69) is 23.3 Å². The fraction of sp³-hybridized carbons (Fsp3) is 0.400.